The second-order valence-corrected chi connectivity index (χ2v) is 5.77. The molecule has 0 fully saturated rings. The van der Waals surface area contributed by atoms with Gasteiger partial charge in [-0.1, -0.05) is 36.4 Å². The number of methoxy groups -OCH3 is 1. The molecule has 2 aromatic rings. The number of nitrogens with zero attached hydrogens (tertiary/aromatic N) is 1. The number of benzene rings is 2. The van der Waals surface area contributed by atoms with E-state index in [-0.39, 0.29) is 6.03 Å². The van der Waals surface area contributed by atoms with Crippen molar-refractivity contribution < 1.29 is 9.53 Å². The first kappa shape index (κ1) is 15.4. The number of carbonyl (C=O) groups excluding carboxylic acids is 1. The highest BCUT2D eigenvalue weighted by molar-refractivity contribution is 5.74. The van der Waals surface area contributed by atoms with Crippen LogP contribution in [-0.2, 0) is 19.4 Å². The van der Waals surface area contributed by atoms with Crippen LogP contribution in [0.2, 0.25) is 0 Å². The molecule has 0 aromatic heterocycles. The SMILES string of the molecule is COc1ccc(CCNC(=O)N2CCc3ccccc3C2)cc1. The maximum absolute atomic E-state index is 12.3. The fraction of sp³-hybridized carbons (Fsp3) is 0.316. The quantitative estimate of drug-likeness (QED) is 0.943. The smallest absolute Gasteiger partial charge is 0.317 e. The molecule has 0 aliphatic carbocycles. The molecule has 0 unspecified atom stereocenters. The fourth-order valence-electron chi connectivity index (χ4n) is 2.89. The zero-order valence-corrected chi connectivity index (χ0v) is 13.4. The molecule has 1 heterocycles. The molecule has 2 amide bonds. The Morgan fingerprint density at radius 2 is 1.87 bits per heavy atom. The second-order valence-electron chi connectivity index (χ2n) is 5.77. The third-order valence-electron chi connectivity index (χ3n) is 4.27. The molecule has 4 heteroatoms. The van der Waals surface area contributed by atoms with E-state index in [0.717, 1.165) is 25.1 Å². The van der Waals surface area contributed by atoms with Crippen LogP contribution >= 0.6 is 0 Å². The standard InChI is InChI=1S/C19H22N2O2/c1-23-18-8-6-15(7-9-18)10-12-20-19(22)21-13-11-16-4-2-3-5-17(16)14-21/h2-9H,10-14H2,1H3,(H,20,22). The van der Waals surface area contributed by atoms with Crippen LogP contribution in [0.5, 0.6) is 5.75 Å². The van der Waals surface area contributed by atoms with E-state index < -0.39 is 0 Å². The molecule has 1 aliphatic rings. The minimum Gasteiger partial charge on any atom is -0.497 e. The summed E-state index contributed by atoms with van der Waals surface area (Å²) in [6, 6.07) is 16.3. The molecule has 4 nitrogen and oxygen atoms in total. The molecule has 120 valence electrons. The lowest BCUT2D eigenvalue weighted by Crippen LogP contribution is -2.43. The van der Waals surface area contributed by atoms with E-state index >= 15 is 0 Å². The predicted molar refractivity (Wildman–Crippen MR) is 90.7 cm³/mol. The van der Waals surface area contributed by atoms with Crippen molar-refractivity contribution in [3.8, 4) is 5.75 Å². The van der Waals surface area contributed by atoms with Crippen LogP contribution < -0.4 is 10.1 Å². The van der Waals surface area contributed by atoms with Gasteiger partial charge in [-0.2, -0.15) is 0 Å². The van der Waals surface area contributed by atoms with Gasteiger partial charge in [0.05, 0.1) is 7.11 Å². The molecule has 0 spiro atoms. The molecule has 3 rings (SSSR count). The van der Waals surface area contributed by atoms with Crippen LogP contribution in [0.15, 0.2) is 48.5 Å². The molecule has 2 aromatic carbocycles. The van der Waals surface area contributed by atoms with Gasteiger partial charge in [-0.25, -0.2) is 4.79 Å². The van der Waals surface area contributed by atoms with Gasteiger partial charge in [0.1, 0.15) is 5.75 Å². The van der Waals surface area contributed by atoms with E-state index in [1.807, 2.05) is 35.2 Å². The van der Waals surface area contributed by atoms with Gasteiger partial charge in [0.25, 0.3) is 0 Å². The Labute approximate surface area is 137 Å². The summed E-state index contributed by atoms with van der Waals surface area (Å²) >= 11 is 0. The topological polar surface area (TPSA) is 41.6 Å². The van der Waals surface area contributed by atoms with Gasteiger partial charge in [-0.05, 0) is 41.7 Å². The van der Waals surface area contributed by atoms with Crippen LogP contribution in [-0.4, -0.2) is 31.1 Å². The van der Waals surface area contributed by atoms with Crippen molar-refractivity contribution in [2.75, 3.05) is 20.2 Å². The normalized spacial score (nSPS) is 13.3. The maximum Gasteiger partial charge on any atom is 0.317 e. The highest BCUT2D eigenvalue weighted by Crippen LogP contribution is 2.18. The number of fused-ring (bicyclic) bond motifs is 1. The number of hydrogen-bond acceptors (Lipinski definition) is 2. The number of urea groups is 1. The Kier molecular flexibility index (Phi) is 4.81. The van der Waals surface area contributed by atoms with Gasteiger partial charge in [-0.15, -0.1) is 0 Å². The van der Waals surface area contributed by atoms with E-state index in [0.29, 0.717) is 13.1 Å². The summed E-state index contributed by atoms with van der Waals surface area (Å²) in [4.78, 5) is 14.2. The minimum atomic E-state index is 0.0213. The van der Waals surface area contributed by atoms with Gasteiger partial charge in [-0.3, -0.25) is 0 Å². The third-order valence-corrected chi connectivity index (χ3v) is 4.27. The number of ether oxygens (including phenoxy) is 1. The van der Waals surface area contributed by atoms with Gasteiger partial charge in [0.2, 0.25) is 0 Å². The van der Waals surface area contributed by atoms with Crippen molar-refractivity contribution in [1.82, 2.24) is 10.2 Å². The molecule has 23 heavy (non-hydrogen) atoms. The van der Waals surface area contributed by atoms with Crippen molar-refractivity contribution in [3.63, 3.8) is 0 Å². The van der Waals surface area contributed by atoms with Crippen LogP contribution in [0.3, 0.4) is 0 Å². The van der Waals surface area contributed by atoms with Crippen molar-refractivity contribution in [2.24, 2.45) is 0 Å². The fourth-order valence-corrected chi connectivity index (χ4v) is 2.89. The highest BCUT2D eigenvalue weighted by atomic mass is 16.5. The van der Waals surface area contributed by atoms with Crippen LogP contribution in [0.25, 0.3) is 0 Å². The summed E-state index contributed by atoms with van der Waals surface area (Å²) < 4.78 is 5.14. The average Bonchev–Trinajstić information content (AvgIpc) is 2.61. The van der Waals surface area contributed by atoms with Crippen LogP contribution in [0.4, 0.5) is 4.79 Å². The summed E-state index contributed by atoms with van der Waals surface area (Å²) in [7, 11) is 1.66. The molecule has 0 saturated carbocycles. The maximum atomic E-state index is 12.3. The lowest BCUT2D eigenvalue weighted by molar-refractivity contribution is 0.192. The summed E-state index contributed by atoms with van der Waals surface area (Å²) in [5, 5.41) is 3.02. The van der Waals surface area contributed by atoms with Crippen molar-refractivity contribution in [3.05, 3.63) is 65.2 Å². The first-order valence-corrected chi connectivity index (χ1v) is 7.99. The summed E-state index contributed by atoms with van der Waals surface area (Å²) in [6.45, 7) is 2.12. The van der Waals surface area contributed by atoms with Crippen molar-refractivity contribution in [2.45, 2.75) is 19.4 Å². The molecule has 1 aliphatic heterocycles. The Morgan fingerprint density at radius 3 is 2.61 bits per heavy atom. The average molecular weight is 310 g/mol. The number of nitrogens with one attached hydrogen (secondary N) is 1. The van der Waals surface area contributed by atoms with Crippen LogP contribution in [0, 0.1) is 0 Å². The van der Waals surface area contributed by atoms with E-state index in [4.69, 9.17) is 4.74 Å². The van der Waals surface area contributed by atoms with Gasteiger partial charge >= 0.3 is 6.03 Å². The zero-order valence-electron chi connectivity index (χ0n) is 13.4. The van der Waals surface area contributed by atoms with E-state index in [9.17, 15) is 4.79 Å². The second kappa shape index (κ2) is 7.18. The number of hydrogen-bond donors (Lipinski definition) is 1. The Hall–Kier alpha value is -2.49. The molecule has 0 bridgehead atoms. The minimum absolute atomic E-state index is 0.0213. The lowest BCUT2D eigenvalue weighted by atomic mass is 10.0. The Balaban J connectivity index is 1.48. The van der Waals surface area contributed by atoms with E-state index in [1.54, 1.807) is 7.11 Å². The monoisotopic (exact) mass is 310 g/mol. The van der Waals surface area contributed by atoms with E-state index in [1.165, 1.54) is 16.7 Å². The molecule has 0 atom stereocenters. The first-order chi connectivity index (χ1) is 11.3. The van der Waals surface area contributed by atoms with E-state index in [2.05, 4.69) is 23.5 Å². The zero-order chi connectivity index (χ0) is 16.1. The number of rotatable bonds is 4. The molecular formula is C19H22N2O2. The first-order valence-electron chi connectivity index (χ1n) is 7.99. The highest BCUT2D eigenvalue weighted by Gasteiger charge is 2.19. The largest absolute Gasteiger partial charge is 0.497 e. The van der Waals surface area contributed by atoms with Crippen LogP contribution in [0.1, 0.15) is 16.7 Å². The predicted octanol–water partition coefficient (Wildman–Crippen LogP) is 3.01. The van der Waals surface area contributed by atoms with Crippen molar-refractivity contribution in [1.29, 1.82) is 0 Å². The third kappa shape index (κ3) is 3.83. The number of amides is 2. The lowest BCUT2D eigenvalue weighted by Gasteiger charge is -2.29. The summed E-state index contributed by atoms with van der Waals surface area (Å²) in [5.74, 6) is 0.852. The molecule has 0 radical (unpaired) electrons. The Morgan fingerprint density at radius 1 is 1.13 bits per heavy atom. The van der Waals surface area contributed by atoms with Gasteiger partial charge in [0.15, 0.2) is 0 Å². The van der Waals surface area contributed by atoms with Gasteiger partial charge < -0.3 is 15.0 Å². The van der Waals surface area contributed by atoms with Crippen molar-refractivity contribution >= 4 is 6.03 Å². The molecular weight excluding hydrogens is 288 g/mol. The molecule has 0 saturated heterocycles. The Bertz CT molecular complexity index is 667. The number of carbonyl (C=O) groups is 1. The summed E-state index contributed by atoms with van der Waals surface area (Å²) in [6.07, 6.45) is 1.75. The van der Waals surface area contributed by atoms with Gasteiger partial charge in [0, 0.05) is 19.6 Å². The summed E-state index contributed by atoms with van der Waals surface area (Å²) in [5.41, 5.74) is 3.80. The molecule has 1 N–H and O–H groups in total.